The van der Waals surface area contributed by atoms with E-state index in [1.54, 1.807) is 0 Å². The Hall–Kier alpha value is -2.20. The van der Waals surface area contributed by atoms with Gasteiger partial charge in [-0.1, -0.05) is 0 Å². The lowest BCUT2D eigenvalue weighted by molar-refractivity contribution is -0.278. The van der Waals surface area contributed by atoms with Crippen LogP contribution in [0.3, 0.4) is 0 Å². The summed E-state index contributed by atoms with van der Waals surface area (Å²) in [5, 5.41) is 46.8. The van der Waals surface area contributed by atoms with Gasteiger partial charge in [0.15, 0.2) is 6.10 Å². The molecule has 9 nitrogen and oxygen atoms in total. The molecule has 1 heterocycles. The minimum Gasteiger partial charge on any atom is -0.508 e. The van der Waals surface area contributed by atoms with Gasteiger partial charge in [-0.2, -0.15) is 0 Å². The molecule has 1 aliphatic heterocycles. The molecule has 1 fully saturated rings. The fourth-order valence-electron chi connectivity index (χ4n) is 1.92. The first-order valence-corrected chi connectivity index (χ1v) is 6.23. The number of carbonyl (C=O) groups excluding carboxylic acids is 1. The maximum absolute atomic E-state index is 11.8. The summed E-state index contributed by atoms with van der Waals surface area (Å²) in [6.07, 6.45) is -9.15. The number of rotatable bonds is 3. The molecule has 1 aliphatic rings. The molecular weight excluding hydrogens is 300 g/mol. The predicted octanol–water partition coefficient (Wildman–Crippen LogP) is -1.56. The third-order valence-corrected chi connectivity index (χ3v) is 3.14. The van der Waals surface area contributed by atoms with E-state index < -0.39 is 42.6 Å². The number of hydrogen-bond donors (Lipinski definition) is 5. The number of aliphatic hydroxyl groups is 3. The van der Waals surface area contributed by atoms with E-state index in [2.05, 4.69) is 0 Å². The van der Waals surface area contributed by atoms with Gasteiger partial charge in [-0.05, 0) is 24.3 Å². The van der Waals surface area contributed by atoms with Crippen LogP contribution in [0, 0.1) is 0 Å². The quantitative estimate of drug-likeness (QED) is 0.417. The Balaban J connectivity index is 2.12. The summed E-state index contributed by atoms with van der Waals surface area (Å²) in [5.41, 5.74) is 0.0149. The summed E-state index contributed by atoms with van der Waals surface area (Å²) in [7, 11) is 0. The number of phenols is 1. The van der Waals surface area contributed by atoms with E-state index in [-0.39, 0.29) is 11.3 Å². The molecule has 0 amide bonds. The van der Waals surface area contributed by atoms with Crippen molar-refractivity contribution in [2.75, 3.05) is 0 Å². The number of benzene rings is 1. The molecule has 1 saturated heterocycles. The van der Waals surface area contributed by atoms with Gasteiger partial charge in [-0.25, -0.2) is 9.59 Å². The molecule has 22 heavy (non-hydrogen) atoms. The molecule has 0 spiro atoms. The first-order chi connectivity index (χ1) is 10.3. The van der Waals surface area contributed by atoms with Gasteiger partial charge in [-0.15, -0.1) is 0 Å². The van der Waals surface area contributed by atoms with Gasteiger partial charge in [0.05, 0.1) is 5.56 Å². The number of carboxylic acid groups (broad SMARTS) is 1. The van der Waals surface area contributed by atoms with Crippen LogP contribution in [0.4, 0.5) is 0 Å². The summed E-state index contributed by atoms with van der Waals surface area (Å²) >= 11 is 0. The highest BCUT2D eigenvalue weighted by atomic mass is 16.7. The van der Waals surface area contributed by atoms with E-state index in [9.17, 15) is 24.9 Å². The van der Waals surface area contributed by atoms with Gasteiger partial charge in [0, 0.05) is 0 Å². The molecule has 120 valence electrons. The van der Waals surface area contributed by atoms with Crippen LogP contribution in [-0.2, 0) is 14.3 Å². The van der Waals surface area contributed by atoms with Gasteiger partial charge in [-0.3, -0.25) is 0 Å². The molecule has 1 aromatic rings. The molecule has 0 radical (unpaired) electrons. The van der Waals surface area contributed by atoms with Crippen LogP contribution in [0.2, 0.25) is 0 Å². The van der Waals surface area contributed by atoms with Gasteiger partial charge < -0.3 is 35.0 Å². The minimum atomic E-state index is -1.86. The maximum Gasteiger partial charge on any atom is 0.340 e. The highest BCUT2D eigenvalue weighted by Gasteiger charge is 2.48. The predicted molar refractivity (Wildman–Crippen MR) is 67.8 cm³/mol. The SMILES string of the molecule is O=C(OC1O[C@H](C(=O)O)[C@@H](O)[C@H](O)[C@H]1O)c1ccc(O)cc1. The van der Waals surface area contributed by atoms with Crippen molar-refractivity contribution in [3.63, 3.8) is 0 Å². The largest absolute Gasteiger partial charge is 0.508 e. The number of hydrogen-bond acceptors (Lipinski definition) is 8. The monoisotopic (exact) mass is 314 g/mol. The zero-order chi connectivity index (χ0) is 16.4. The highest BCUT2D eigenvalue weighted by Crippen LogP contribution is 2.23. The fourth-order valence-corrected chi connectivity index (χ4v) is 1.92. The second-order valence-electron chi connectivity index (χ2n) is 4.69. The molecule has 0 bridgehead atoms. The Bertz CT molecular complexity index is 555. The smallest absolute Gasteiger partial charge is 0.340 e. The molecule has 5 N–H and O–H groups in total. The fraction of sp³-hybridized carbons (Fsp3) is 0.385. The standard InChI is InChI=1S/C13H14O9/c14-6-3-1-5(2-4-6)12(20)22-13-9(17)7(15)8(16)10(21-13)11(18)19/h1-4,7-10,13-17H,(H,18,19)/t7-,8-,9+,10-,13?/m0/s1. The van der Waals surface area contributed by atoms with Crippen LogP contribution in [-0.4, -0.2) is 68.2 Å². The number of aliphatic hydroxyl groups excluding tert-OH is 3. The van der Waals surface area contributed by atoms with Crippen LogP contribution in [0.15, 0.2) is 24.3 Å². The van der Waals surface area contributed by atoms with E-state index in [4.69, 9.17) is 19.7 Å². The number of aliphatic carboxylic acids is 1. The molecule has 5 atom stereocenters. The van der Waals surface area contributed by atoms with E-state index in [0.29, 0.717) is 0 Å². The topological polar surface area (TPSA) is 154 Å². The number of carbonyl (C=O) groups is 2. The van der Waals surface area contributed by atoms with Crippen molar-refractivity contribution in [1.29, 1.82) is 0 Å². The van der Waals surface area contributed by atoms with Crippen molar-refractivity contribution in [3.05, 3.63) is 29.8 Å². The van der Waals surface area contributed by atoms with Crippen LogP contribution in [0.25, 0.3) is 0 Å². The van der Waals surface area contributed by atoms with Crippen molar-refractivity contribution in [1.82, 2.24) is 0 Å². The van der Waals surface area contributed by atoms with E-state index in [1.165, 1.54) is 24.3 Å². The van der Waals surface area contributed by atoms with Gasteiger partial charge in [0.1, 0.15) is 24.1 Å². The summed E-state index contributed by atoms with van der Waals surface area (Å²) in [6, 6.07) is 4.94. The average Bonchev–Trinajstić information content (AvgIpc) is 2.48. The van der Waals surface area contributed by atoms with Crippen LogP contribution in [0.1, 0.15) is 10.4 Å². The van der Waals surface area contributed by atoms with E-state index in [0.717, 1.165) is 0 Å². The van der Waals surface area contributed by atoms with Crippen molar-refractivity contribution < 1.29 is 44.6 Å². The summed E-state index contributed by atoms with van der Waals surface area (Å²) in [4.78, 5) is 22.8. The second kappa shape index (κ2) is 6.28. The average molecular weight is 314 g/mol. The molecule has 0 aliphatic carbocycles. The highest BCUT2D eigenvalue weighted by molar-refractivity contribution is 5.89. The van der Waals surface area contributed by atoms with Crippen molar-refractivity contribution >= 4 is 11.9 Å². The number of phenolic OH excluding ortho intramolecular Hbond substituents is 1. The lowest BCUT2D eigenvalue weighted by Gasteiger charge is -2.37. The Morgan fingerprint density at radius 3 is 2.14 bits per heavy atom. The minimum absolute atomic E-state index is 0.0149. The summed E-state index contributed by atoms with van der Waals surface area (Å²) in [5.74, 6) is -2.61. The van der Waals surface area contributed by atoms with Crippen LogP contribution < -0.4 is 0 Å². The first-order valence-electron chi connectivity index (χ1n) is 6.23. The summed E-state index contributed by atoms with van der Waals surface area (Å²) < 4.78 is 9.61. The molecule has 1 aromatic carbocycles. The molecule has 1 unspecified atom stereocenters. The van der Waals surface area contributed by atoms with Gasteiger partial charge in [0.2, 0.25) is 6.29 Å². The number of aromatic hydroxyl groups is 1. The Kier molecular flexibility index (Phi) is 4.62. The van der Waals surface area contributed by atoms with Gasteiger partial charge >= 0.3 is 11.9 Å². The van der Waals surface area contributed by atoms with Crippen molar-refractivity contribution in [2.24, 2.45) is 0 Å². The lowest BCUT2D eigenvalue weighted by Crippen LogP contribution is -2.60. The normalized spacial score (nSPS) is 31.5. The maximum atomic E-state index is 11.8. The zero-order valence-corrected chi connectivity index (χ0v) is 11.1. The molecule has 0 aromatic heterocycles. The van der Waals surface area contributed by atoms with Gasteiger partial charge in [0.25, 0.3) is 0 Å². The number of ether oxygens (including phenoxy) is 2. The van der Waals surface area contributed by atoms with Crippen LogP contribution >= 0.6 is 0 Å². The molecule has 9 heteroatoms. The van der Waals surface area contributed by atoms with Crippen molar-refractivity contribution in [2.45, 2.75) is 30.7 Å². The van der Waals surface area contributed by atoms with Crippen molar-refractivity contribution in [3.8, 4) is 5.75 Å². The van der Waals surface area contributed by atoms with Crippen LogP contribution in [0.5, 0.6) is 5.75 Å². The Morgan fingerprint density at radius 1 is 1.00 bits per heavy atom. The Morgan fingerprint density at radius 2 is 1.59 bits per heavy atom. The zero-order valence-electron chi connectivity index (χ0n) is 11.1. The third-order valence-electron chi connectivity index (χ3n) is 3.14. The first kappa shape index (κ1) is 16.2. The van der Waals surface area contributed by atoms with E-state index >= 15 is 0 Å². The summed E-state index contributed by atoms with van der Waals surface area (Å²) in [6.45, 7) is 0. The third kappa shape index (κ3) is 3.17. The molecule has 2 rings (SSSR count). The molecular formula is C13H14O9. The number of carboxylic acids is 1. The lowest BCUT2D eigenvalue weighted by atomic mass is 9.99. The number of esters is 1. The Labute approximate surface area is 124 Å². The molecule has 0 saturated carbocycles. The second-order valence-corrected chi connectivity index (χ2v) is 4.69. The van der Waals surface area contributed by atoms with E-state index in [1.807, 2.05) is 0 Å².